The topological polar surface area (TPSA) is 149 Å². The van der Waals surface area contributed by atoms with E-state index in [1.807, 2.05) is 22.8 Å². The van der Waals surface area contributed by atoms with Crippen molar-refractivity contribution < 1.29 is 14.4 Å². The van der Waals surface area contributed by atoms with Gasteiger partial charge in [-0.3, -0.25) is 19.0 Å². The van der Waals surface area contributed by atoms with Gasteiger partial charge >= 0.3 is 0 Å². The van der Waals surface area contributed by atoms with Crippen LogP contribution >= 0.6 is 23.4 Å². The van der Waals surface area contributed by atoms with Crippen molar-refractivity contribution in [3.8, 4) is 5.69 Å². The monoisotopic (exact) mass is 499 g/mol. The number of nitrogens with one attached hydrogen (secondary N) is 1. The van der Waals surface area contributed by atoms with E-state index in [2.05, 4.69) is 20.4 Å². The predicted octanol–water partition coefficient (Wildman–Crippen LogP) is 2.45. The molecule has 5 N–H and O–H groups in total. The second-order valence-electron chi connectivity index (χ2n) is 7.63. The lowest BCUT2D eigenvalue weighted by atomic mass is 10.1. The van der Waals surface area contributed by atoms with Crippen molar-refractivity contribution in [2.45, 2.75) is 18.0 Å². The lowest BCUT2D eigenvalue weighted by Gasteiger charge is -2.19. The van der Waals surface area contributed by atoms with Gasteiger partial charge in [0, 0.05) is 29.9 Å². The molecule has 0 spiro atoms. The molecule has 0 saturated carbocycles. The maximum absolute atomic E-state index is 12.7. The van der Waals surface area contributed by atoms with Gasteiger partial charge in [-0.05, 0) is 43.2 Å². The number of anilines is 2. The lowest BCUT2D eigenvalue weighted by molar-refractivity contribution is -0.113. The van der Waals surface area contributed by atoms with Gasteiger partial charge in [0.25, 0.3) is 0 Å². The fraction of sp³-hybridized carbons (Fsp3) is 0.227. The highest BCUT2D eigenvalue weighted by Gasteiger charge is 2.24. The van der Waals surface area contributed by atoms with Gasteiger partial charge in [0.05, 0.1) is 16.5 Å². The summed E-state index contributed by atoms with van der Waals surface area (Å²) >= 11 is 7.65. The highest BCUT2D eigenvalue weighted by Crippen LogP contribution is 2.32. The van der Waals surface area contributed by atoms with Crippen molar-refractivity contribution in [1.29, 1.82) is 0 Å². The number of rotatable bonds is 8. The molecule has 34 heavy (non-hydrogen) atoms. The van der Waals surface area contributed by atoms with Crippen LogP contribution in [0, 0.1) is 0 Å². The van der Waals surface area contributed by atoms with Gasteiger partial charge in [-0.15, -0.1) is 10.2 Å². The van der Waals surface area contributed by atoms with Gasteiger partial charge in [-0.25, -0.2) is 0 Å². The fourth-order valence-corrected chi connectivity index (χ4v) is 4.59. The zero-order valence-electron chi connectivity index (χ0n) is 18.0. The summed E-state index contributed by atoms with van der Waals surface area (Å²) in [5.41, 5.74) is 11.7. The standard InChI is InChI=1S/C22H22ClN7O3S/c23-16-5-1-2-6-17(16)30-21(29-7-3-4-8-29)27-28-22(30)34-12-18(31)26-15-10-13(19(24)32)9-14(11-15)20(25)33/h1-2,5-6,9-11H,3-4,7-8,12H2,(H2,24,32)(H2,25,33)(H,26,31). The van der Waals surface area contributed by atoms with Gasteiger partial charge in [0.15, 0.2) is 5.16 Å². The molecule has 0 bridgehead atoms. The Morgan fingerprint density at radius 1 is 1.00 bits per heavy atom. The number of halogens is 1. The number of benzene rings is 2. The van der Waals surface area contributed by atoms with E-state index in [9.17, 15) is 14.4 Å². The van der Waals surface area contributed by atoms with Crippen molar-refractivity contribution in [1.82, 2.24) is 14.8 Å². The first-order valence-corrected chi connectivity index (χ1v) is 11.8. The summed E-state index contributed by atoms with van der Waals surface area (Å²) in [7, 11) is 0. The van der Waals surface area contributed by atoms with Crippen LogP contribution in [0.3, 0.4) is 0 Å². The maximum Gasteiger partial charge on any atom is 0.248 e. The number of amides is 3. The maximum atomic E-state index is 12.7. The Hall–Kier alpha value is -3.57. The first-order valence-electron chi connectivity index (χ1n) is 10.5. The molecule has 3 aromatic rings. The van der Waals surface area contributed by atoms with Crippen LogP contribution in [0.2, 0.25) is 5.02 Å². The number of hydrogen-bond donors (Lipinski definition) is 3. The van der Waals surface area contributed by atoms with Crippen molar-refractivity contribution in [2.24, 2.45) is 11.5 Å². The van der Waals surface area contributed by atoms with Crippen molar-refractivity contribution in [3.63, 3.8) is 0 Å². The van der Waals surface area contributed by atoms with Crippen LogP contribution in [-0.4, -0.2) is 51.3 Å². The molecule has 1 aliphatic rings. The SMILES string of the molecule is NC(=O)c1cc(NC(=O)CSc2nnc(N3CCCC3)n2-c2ccccc2Cl)cc(C(N)=O)c1. The van der Waals surface area contributed by atoms with Crippen molar-refractivity contribution >= 4 is 52.7 Å². The third kappa shape index (κ3) is 5.15. The molecule has 1 aliphatic heterocycles. The van der Waals surface area contributed by atoms with Gasteiger partial charge in [-0.2, -0.15) is 0 Å². The summed E-state index contributed by atoms with van der Waals surface area (Å²) < 4.78 is 1.85. The Morgan fingerprint density at radius 3 is 2.26 bits per heavy atom. The molecule has 1 saturated heterocycles. The highest BCUT2D eigenvalue weighted by molar-refractivity contribution is 7.99. The Bertz CT molecular complexity index is 1220. The molecule has 4 rings (SSSR count). The number of nitrogens with zero attached hydrogens (tertiary/aromatic N) is 4. The third-order valence-corrected chi connectivity index (χ3v) is 6.47. The predicted molar refractivity (Wildman–Crippen MR) is 131 cm³/mol. The minimum absolute atomic E-state index is 0.00467. The van der Waals surface area contributed by atoms with E-state index >= 15 is 0 Å². The first kappa shape index (κ1) is 23.6. The van der Waals surface area contributed by atoms with Crippen LogP contribution in [-0.2, 0) is 4.79 Å². The molecule has 3 amide bonds. The molecule has 0 atom stereocenters. The Kier molecular flexibility index (Phi) is 7.03. The molecular weight excluding hydrogens is 478 g/mol. The summed E-state index contributed by atoms with van der Waals surface area (Å²) in [4.78, 5) is 37.9. The quantitative estimate of drug-likeness (QED) is 0.403. The number of aromatic nitrogens is 3. The second kappa shape index (κ2) is 10.1. The molecular formula is C22H22ClN7O3S. The van der Waals surface area contributed by atoms with E-state index in [-0.39, 0.29) is 28.5 Å². The minimum atomic E-state index is -0.741. The molecule has 1 fully saturated rings. The van der Waals surface area contributed by atoms with Crippen LogP contribution in [0.25, 0.3) is 5.69 Å². The van der Waals surface area contributed by atoms with E-state index in [1.54, 1.807) is 6.07 Å². The number of para-hydroxylation sites is 1. The number of primary amides is 2. The molecule has 12 heteroatoms. The van der Waals surface area contributed by atoms with Gasteiger partial charge in [-0.1, -0.05) is 35.5 Å². The highest BCUT2D eigenvalue weighted by atomic mass is 35.5. The minimum Gasteiger partial charge on any atom is -0.366 e. The molecule has 0 radical (unpaired) electrons. The molecule has 2 aromatic carbocycles. The van der Waals surface area contributed by atoms with Crippen LogP contribution in [0.4, 0.5) is 11.6 Å². The van der Waals surface area contributed by atoms with Gasteiger partial charge in [0.1, 0.15) is 0 Å². The Balaban J connectivity index is 1.55. The smallest absolute Gasteiger partial charge is 0.248 e. The fourth-order valence-electron chi connectivity index (χ4n) is 3.63. The van der Waals surface area contributed by atoms with Gasteiger partial charge in [0.2, 0.25) is 23.7 Å². The van der Waals surface area contributed by atoms with Crippen molar-refractivity contribution in [2.75, 3.05) is 29.1 Å². The normalized spacial score (nSPS) is 13.1. The van der Waals surface area contributed by atoms with E-state index in [1.165, 1.54) is 30.0 Å². The summed E-state index contributed by atoms with van der Waals surface area (Å²) in [6.45, 7) is 1.73. The average molecular weight is 500 g/mol. The molecule has 0 aliphatic carbocycles. The number of nitrogens with two attached hydrogens (primary N) is 2. The van der Waals surface area contributed by atoms with Crippen LogP contribution in [0.5, 0.6) is 0 Å². The molecule has 1 aromatic heterocycles. The van der Waals surface area contributed by atoms with E-state index in [4.69, 9.17) is 23.1 Å². The number of carbonyl (C=O) groups is 3. The van der Waals surface area contributed by atoms with E-state index in [0.717, 1.165) is 31.6 Å². The van der Waals surface area contributed by atoms with E-state index < -0.39 is 11.8 Å². The first-order chi connectivity index (χ1) is 16.3. The largest absolute Gasteiger partial charge is 0.366 e. The molecule has 10 nitrogen and oxygen atoms in total. The summed E-state index contributed by atoms with van der Waals surface area (Å²) in [6.07, 6.45) is 2.13. The Labute approximate surface area is 204 Å². The lowest BCUT2D eigenvalue weighted by Crippen LogP contribution is -2.22. The van der Waals surface area contributed by atoms with Gasteiger partial charge < -0.3 is 21.7 Å². The summed E-state index contributed by atoms with van der Waals surface area (Å²) in [6, 6.07) is 11.4. The number of thioether (sulfide) groups is 1. The molecule has 2 heterocycles. The zero-order chi connectivity index (χ0) is 24.2. The van der Waals surface area contributed by atoms with Crippen LogP contribution in [0.1, 0.15) is 33.6 Å². The second-order valence-corrected chi connectivity index (χ2v) is 8.98. The molecule has 0 unspecified atom stereocenters. The molecule has 176 valence electrons. The summed E-state index contributed by atoms with van der Waals surface area (Å²) in [5.74, 6) is -1.19. The van der Waals surface area contributed by atoms with E-state index in [0.29, 0.717) is 16.1 Å². The Morgan fingerprint density at radius 2 is 1.65 bits per heavy atom. The van der Waals surface area contributed by atoms with Crippen LogP contribution in [0.15, 0.2) is 47.6 Å². The average Bonchev–Trinajstić information content (AvgIpc) is 3.47. The number of hydrogen-bond acceptors (Lipinski definition) is 7. The van der Waals surface area contributed by atoms with Crippen molar-refractivity contribution in [3.05, 3.63) is 58.6 Å². The number of carbonyl (C=O) groups excluding carboxylic acids is 3. The summed E-state index contributed by atoms with van der Waals surface area (Å²) in [5, 5.41) is 12.4. The third-order valence-electron chi connectivity index (χ3n) is 5.22. The zero-order valence-corrected chi connectivity index (χ0v) is 19.6. The van der Waals surface area contributed by atoms with Crippen LogP contribution < -0.4 is 21.7 Å².